The summed E-state index contributed by atoms with van der Waals surface area (Å²) in [4.78, 5) is 44.7. The molecule has 2 heterocycles. The van der Waals surface area contributed by atoms with E-state index in [0.717, 1.165) is 41.6 Å². The van der Waals surface area contributed by atoms with Gasteiger partial charge in [-0.3, -0.25) is 23.7 Å². The van der Waals surface area contributed by atoms with E-state index >= 15 is 0 Å². The molecule has 0 aliphatic rings. The summed E-state index contributed by atoms with van der Waals surface area (Å²) < 4.78 is 13.6. The van der Waals surface area contributed by atoms with Crippen LogP contribution in [0.15, 0.2) is 38.6 Å². The zero-order valence-electron chi connectivity index (χ0n) is 18.8. The van der Waals surface area contributed by atoms with Crippen LogP contribution in [0.25, 0.3) is 11.0 Å². The van der Waals surface area contributed by atoms with Crippen molar-refractivity contribution in [2.45, 2.75) is 52.5 Å². The third kappa shape index (κ3) is 5.27. The molecule has 0 aliphatic heterocycles. The number of para-hydroxylation sites is 1. The number of rotatable bonds is 11. The monoisotopic (exact) mass is 442 g/mol. The first-order valence-corrected chi connectivity index (χ1v) is 11.0. The van der Waals surface area contributed by atoms with Crippen LogP contribution < -0.4 is 26.3 Å². The molecule has 0 saturated carbocycles. The Labute approximate surface area is 185 Å². The minimum absolute atomic E-state index is 0.00941. The lowest BCUT2D eigenvalue weighted by Crippen LogP contribution is -2.41. The van der Waals surface area contributed by atoms with Crippen molar-refractivity contribution in [2.24, 2.45) is 7.05 Å². The van der Waals surface area contributed by atoms with Crippen molar-refractivity contribution >= 4 is 11.0 Å². The average Bonchev–Trinajstić information content (AvgIpc) is 2.78. The first-order chi connectivity index (χ1) is 15.4. The maximum Gasteiger partial charge on any atom is 0.331 e. The highest BCUT2D eigenvalue weighted by Gasteiger charge is 2.17. The Bertz CT molecular complexity index is 1240. The van der Waals surface area contributed by atoms with Gasteiger partial charge in [0.25, 0.3) is 17.1 Å². The van der Waals surface area contributed by atoms with Gasteiger partial charge in [0.1, 0.15) is 11.3 Å². The van der Waals surface area contributed by atoms with Gasteiger partial charge in [-0.15, -0.1) is 0 Å². The number of ether oxygens (including phenoxy) is 2. The molecule has 32 heavy (non-hydrogen) atoms. The molecule has 1 N–H and O–H groups in total. The topological polar surface area (TPSA) is 108 Å². The standard InChI is InChI=1S/C23H30N4O5/c1-4-5-6-9-13-27-19-18(21(29)26(3)23(27)30)24-22(25-20(19)28)32-15-10-14-31-17-12-8-7-11-16(17)2/h7-8,11-12H,4-6,9-10,13-15H2,1-3H3,(H,24,25,28). The van der Waals surface area contributed by atoms with Crippen LogP contribution in [0.4, 0.5) is 0 Å². The fraction of sp³-hybridized carbons (Fsp3) is 0.478. The van der Waals surface area contributed by atoms with E-state index < -0.39 is 16.8 Å². The Morgan fingerprint density at radius 3 is 2.50 bits per heavy atom. The van der Waals surface area contributed by atoms with Gasteiger partial charge in [0, 0.05) is 20.0 Å². The van der Waals surface area contributed by atoms with E-state index in [1.54, 1.807) is 0 Å². The summed E-state index contributed by atoms with van der Waals surface area (Å²) in [6, 6.07) is 7.68. The fourth-order valence-electron chi connectivity index (χ4n) is 3.47. The highest BCUT2D eigenvalue weighted by atomic mass is 16.5. The van der Waals surface area contributed by atoms with Crippen molar-refractivity contribution < 1.29 is 9.47 Å². The molecule has 0 spiro atoms. The molecule has 3 rings (SSSR count). The number of unbranched alkanes of at least 4 members (excludes halogenated alkanes) is 3. The van der Waals surface area contributed by atoms with E-state index in [0.29, 0.717) is 19.6 Å². The predicted octanol–water partition coefficient (Wildman–Crippen LogP) is 2.52. The molecule has 2 aromatic heterocycles. The highest BCUT2D eigenvalue weighted by Crippen LogP contribution is 2.16. The van der Waals surface area contributed by atoms with Gasteiger partial charge in [0.2, 0.25) is 0 Å². The number of nitrogens with zero attached hydrogens (tertiary/aromatic N) is 3. The second kappa shape index (κ2) is 10.8. The molecule has 1 aromatic carbocycles. The summed E-state index contributed by atoms with van der Waals surface area (Å²) in [5, 5.41) is 0. The maximum absolute atomic E-state index is 12.7. The first-order valence-electron chi connectivity index (χ1n) is 11.0. The van der Waals surface area contributed by atoms with Crippen molar-refractivity contribution in [2.75, 3.05) is 13.2 Å². The number of hydrogen-bond donors (Lipinski definition) is 1. The third-order valence-electron chi connectivity index (χ3n) is 5.28. The number of aromatic nitrogens is 4. The Balaban J connectivity index is 1.74. The predicted molar refractivity (Wildman–Crippen MR) is 123 cm³/mol. The summed E-state index contributed by atoms with van der Waals surface area (Å²) in [5.74, 6) is 0.810. The highest BCUT2D eigenvalue weighted by molar-refractivity contribution is 5.72. The van der Waals surface area contributed by atoms with Crippen LogP contribution >= 0.6 is 0 Å². The molecular formula is C23H30N4O5. The Kier molecular flexibility index (Phi) is 7.86. The molecule has 0 saturated heterocycles. The lowest BCUT2D eigenvalue weighted by atomic mass is 10.2. The second-order valence-electron chi connectivity index (χ2n) is 7.74. The van der Waals surface area contributed by atoms with Crippen LogP contribution in [0.5, 0.6) is 11.8 Å². The average molecular weight is 443 g/mol. The van der Waals surface area contributed by atoms with Gasteiger partial charge in [0.15, 0.2) is 5.52 Å². The molecule has 0 atom stereocenters. The molecule has 0 fully saturated rings. The van der Waals surface area contributed by atoms with Crippen LogP contribution in [-0.2, 0) is 13.6 Å². The fourth-order valence-corrected chi connectivity index (χ4v) is 3.47. The maximum atomic E-state index is 12.7. The molecule has 0 aliphatic carbocycles. The molecule has 0 amide bonds. The second-order valence-corrected chi connectivity index (χ2v) is 7.74. The summed E-state index contributed by atoms with van der Waals surface area (Å²) in [5.41, 5.74) is -0.735. The summed E-state index contributed by atoms with van der Waals surface area (Å²) in [7, 11) is 1.39. The van der Waals surface area contributed by atoms with Gasteiger partial charge in [0.05, 0.1) is 13.2 Å². The van der Waals surface area contributed by atoms with Crippen molar-refractivity contribution in [1.29, 1.82) is 0 Å². The molecule has 0 radical (unpaired) electrons. The van der Waals surface area contributed by atoms with Crippen molar-refractivity contribution in [3.05, 3.63) is 61.0 Å². The molecular weight excluding hydrogens is 412 g/mol. The summed E-state index contributed by atoms with van der Waals surface area (Å²) in [6.45, 7) is 5.10. The van der Waals surface area contributed by atoms with Gasteiger partial charge in [-0.1, -0.05) is 44.4 Å². The van der Waals surface area contributed by atoms with Gasteiger partial charge in [-0.25, -0.2) is 4.79 Å². The van der Waals surface area contributed by atoms with Crippen molar-refractivity contribution in [3.63, 3.8) is 0 Å². The molecule has 0 bridgehead atoms. The number of fused-ring (bicyclic) bond motifs is 1. The smallest absolute Gasteiger partial charge is 0.331 e. The van der Waals surface area contributed by atoms with E-state index in [4.69, 9.17) is 9.47 Å². The quantitative estimate of drug-likeness (QED) is 0.457. The van der Waals surface area contributed by atoms with E-state index in [9.17, 15) is 14.4 Å². The number of hydrogen-bond acceptors (Lipinski definition) is 6. The summed E-state index contributed by atoms with van der Waals surface area (Å²) in [6.07, 6.45) is 4.33. The molecule has 9 heteroatoms. The number of aromatic amines is 1. The van der Waals surface area contributed by atoms with Crippen molar-refractivity contribution in [1.82, 2.24) is 19.1 Å². The minimum atomic E-state index is -0.617. The Morgan fingerprint density at radius 1 is 1.00 bits per heavy atom. The summed E-state index contributed by atoms with van der Waals surface area (Å²) >= 11 is 0. The van der Waals surface area contributed by atoms with Gasteiger partial charge >= 0.3 is 5.69 Å². The Morgan fingerprint density at radius 2 is 1.75 bits per heavy atom. The van der Waals surface area contributed by atoms with Crippen LogP contribution in [0.2, 0.25) is 0 Å². The zero-order chi connectivity index (χ0) is 23.1. The zero-order valence-corrected chi connectivity index (χ0v) is 18.8. The first kappa shape index (κ1) is 23.3. The van der Waals surface area contributed by atoms with Crippen molar-refractivity contribution in [3.8, 4) is 11.8 Å². The minimum Gasteiger partial charge on any atom is -0.493 e. The lowest BCUT2D eigenvalue weighted by Gasteiger charge is -2.12. The molecule has 9 nitrogen and oxygen atoms in total. The molecule has 172 valence electrons. The van der Waals surface area contributed by atoms with E-state index in [1.807, 2.05) is 31.2 Å². The van der Waals surface area contributed by atoms with Crippen LogP contribution in [0.1, 0.15) is 44.6 Å². The SMILES string of the molecule is CCCCCCn1c(=O)n(C)c(=O)c2nc(OCCCOc3ccccc3C)[nH]c(=O)c21. The largest absolute Gasteiger partial charge is 0.493 e. The van der Waals surface area contributed by atoms with E-state index in [-0.39, 0.29) is 23.7 Å². The number of nitrogens with one attached hydrogen (secondary N) is 1. The number of aryl methyl sites for hydroxylation is 2. The van der Waals surface area contributed by atoms with E-state index in [1.165, 1.54) is 11.6 Å². The molecule has 0 unspecified atom stereocenters. The van der Waals surface area contributed by atoms with Crippen LogP contribution in [0, 0.1) is 6.92 Å². The van der Waals surface area contributed by atoms with Gasteiger partial charge in [-0.05, 0) is 25.0 Å². The van der Waals surface area contributed by atoms with Gasteiger partial charge < -0.3 is 9.47 Å². The molecule has 3 aromatic rings. The van der Waals surface area contributed by atoms with Gasteiger partial charge in [-0.2, -0.15) is 4.98 Å². The number of benzene rings is 1. The normalized spacial score (nSPS) is 11.1. The lowest BCUT2D eigenvalue weighted by molar-refractivity contribution is 0.235. The van der Waals surface area contributed by atoms with Crippen LogP contribution in [-0.4, -0.2) is 32.3 Å². The third-order valence-corrected chi connectivity index (χ3v) is 5.28. The number of H-pyrrole nitrogens is 1. The van der Waals surface area contributed by atoms with Crippen LogP contribution in [0.3, 0.4) is 0 Å². The Hall–Kier alpha value is -3.36. The van der Waals surface area contributed by atoms with E-state index in [2.05, 4.69) is 16.9 Å².